The lowest BCUT2D eigenvalue weighted by molar-refractivity contribution is -0.122. The number of nitrogens with two attached hydrogens (primary N) is 1. The quantitative estimate of drug-likeness (QED) is 0.752. The predicted octanol–water partition coefficient (Wildman–Crippen LogP) is 1.96. The zero-order valence-electron chi connectivity index (χ0n) is 11.5. The maximum absolute atomic E-state index is 11.9. The molecule has 0 spiro atoms. The molecule has 18 heavy (non-hydrogen) atoms. The van der Waals surface area contributed by atoms with E-state index in [9.17, 15) is 4.79 Å². The molecule has 0 aromatic rings. The summed E-state index contributed by atoms with van der Waals surface area (Å²) in [6, 6.07) is 0. The largest absolute Gasteiger partial charge is 0.355 e. The molecule has 1 amide bonds. The van der Waals surface area contributed by atoms with Gasteiger partial charge in [0.15, 0.2) is 0 Å². The summed E-state index contributed by atoms with van der Waals surface area (Å²) in [5, 5.41) is 3.65. The van der Waals surface area contributed by atoms with Gasteiger partial charge in [0.1, 0.15) is 0 Å². The van der Waals surface area contributed by atoms with Gasteiger partial charge in [-0.1, -0.05) is 13.8 Å². The second-order valence-electron chi connectivity index (χ2n) is 5.31. The van der Waals surface area contributed by atoms with Crippen molar-refractivity contribution in [3.05, 3.63) is 0 Å². The van der Waals surface area contributed by atoms with Crippen molar-refractivity contribution >= 4 is 29.4 Å². The SMILES string of the molecule is CC(C)CC(CN)CC(=O)NCC1CSCCS1. The van der Waals surface area contributed by atoms with E-state index in [0.717, 1.165) is 18.7 Å². The van der Waals surface area contributed by atoms with Crippen LogP contribution in [0, 0.1) is 11.8 Å². The van der Waals surface area contributed by atoms with Crippen LogP contribution < -0.4 is 11.1 Å². The highest BCUT2D eigenvalue weighted by Gasteiger charge is 2.17. The van der Waals surface area contributed by atoms with Crippen LogP contribution in [0.4, 0.5) is 0 Å². The van der Waals surface area contributed by atoms with E-state index >= 15 is 0 Å². The Hall–Kier alpha value is 0.130. The molecule has 1 heterocycles. The second-order valence-corrected chi connectivity index (χ2v) is 7.87. The molecule has 1 fully saturated rings. The molecule has 0 radical (unpaired) electrons. The van der Waals surface area contributed by atoms with Crippen LogP contribution in [0.2, 0.25) is 0 Å². The minimum Gasteiger partial charge on any atom is -0.355 e. The summed E-state index contributed by atoms with van der Waals surface area (Å²) in [6.45, 7) is 5.78. The van der Waals surface area contributed by atoms with Crippen LogP contribution in [0.15, 0.2) is 0 Å². The predicted molar refractivity (Wildman–Crippen MR) is 83.2 cm³/mol. The molecule has 0 saturated carbocycles. The lowest BCUT2D eigenvalue weighted by atomic mass is 9.94. The second kappa shape index (κ2) is 9.10. The van der Waals surface area contributed by atoms with Crippen molar-refractivity contribution in [3.63, 3.8) is 0 Å². The molecule has 3 N–H and O–H groups in total. The van der Waals surface area contributed by atoms with E-state index in [1.807, 2.05) is 23.5 Å². The molecule has 1 rings (SSSR count). The Bertz CT molecular complexity index is 243. The van der Waals surface area contributed by atoms with Crippen molar-refractivity contribution in [2.75, 3.05) is 30.3 Å². The van der Waals surface area contributed by atoms with Crippen molar-refractivity contribution in [1.29, 1.82) is 0 Å². The molecule has 0 bridgehead atoms. The maximum Gasteiger partial charge on any atom is 0.220 e. The molecular formula is C13H26N2OS2. The summed E-state index contributed by atoms with van der Waals surface area (Å²) in [4.78, 5) is 11.9. The van der Waals surface area contributed by atoms with E-state index in [2.05, 4.69) is 19.2 Å². The lowest BCUT2D eigenvalue weighted by Crippen LogP contribution is -2.35. The van der Waals surface area contributed by atoms with E-state index in [-0.39, 0.29) is 5.91 Å². The van der Waals surface area contributed by atoms with Gasteiger partial charge in [-0.25, -0.2) is 0 Å². The van der Waals surface area contributed by atoms with Crippen molar-refractivity contribution in [1.82, 2.24) is 5.32 Å². The van der Waals surface area contributed by atoms with Crippen molar-refractivity contribution < 1.29 is 4.79 Å². The summed E-state index contributed by atoms with van der Waals surface area (Å²) >= 11 is 3.97. The topological polar surface area (TPSA) is 55.1 Å². The van der Waals surface area contributed by atoms with Crippen LogP contribution in [0.1, 0.15) is 26.7 Å². The molecule has 2 atom stereocenters. The van der Waals surface area contributed by atoms with Gasteiger partial charge in [-0.15, -0.1) is 0 Å². The number of hydrogen-bond donors (Lipinski definition) is 2. The number of amides is 1. The number of hydrogen-bond acceptors (Lipinski definition) is 4. The molecule has 5 heteroatoms. The minimum absolute atomic E-state index is 0.169. The van der Waals surface area contributed by atoms with Gasteiger partial charge < -0.3 is 11.1 Å². The number of thioether (sulfide) groups is 2. The number of nitrogens with one attached hydrogen (secondary N) is 1. The first-order chi connectivity index (χ1) is 8.61. The summed E-state index contributed by atoms with van der Waals surface area (Å²) < 4.78 is 0. The van der Waals surface area contributed by atoms with E-state index in [4.69, 9.17) is 5.73 Å². The maximum atomic E-state index is 11.9. The van der Waals surface area contributed by atoms with E-state index < -0.39 is 0 Å². The normalized spacial score (nSPS) is 21.9. The standard InChI is InChI=1S/C13H26N2OS2/c1-10(2)5-11(7-14)6-13(16)15-8-12-9-17-3-4-18-12/h10-12H,3-9,14H2,1-2H3,(H,15,16). The molecule has 0 aromatic carbocycles. The Morgan fingerprint density at radius 2 is 2.22 bits per heavy atom. The van der Waals surface area contributed by atoms with Crippen LogP contribution >= 0.6 is 23.5 Å². The first-order valence-corrected chi connectivity index (χ1v) is 8.98. The zero-order valence-corrected chi connectivity index (χ0v) is 13.1. The van der Waals surface area contributed by atoms with E-state index in [1.54, 1.807) is 0 Å². The van der Waals surface area contributed by atoms with Crippen molar-refractivity contribution in [3.8, 4) is 0 Å². The number of rotatable bonds is 7. The summed E-state index contributed by atoms with van der Waals surface area (Å²) in [7, 11) is 0. The third kappa shape index (κ3) is 6.90. The molecule has 3 nitrogen and oxygen atoms in total. The third-order valence-electron chi connectivity index (χ3n) is 3.02. The Balaban J connectivity index is 2.18. The smallest absolute Gasteiger partial charge is 0.220 e. The molecule has 0 aliphatic carbocycles. The van der Waals surface area contributed by atoms with Gasteiger partial charge in [0.2, 0.25) is 5.91 Å². The van der Waals surface area contributed by atoms with Crippen LogP contribution in [0.3, 0.4) is 0 Å². The van der Waals surface area contributed by atoms with E-state index in [0.29, 0.717) is 30.1 Å². The van der Waals surface area contributed by atoms with E-state index in [1.165, 1.54) is 11.5 Å². The van der Waals surface area contributed by atoms with Gasteiger partial charge in [0.05, 0.1) is 0 Å². The molecule has 2 unspecified atom stereocenters. The molecular weight excluding hydrogens is 264 g/mol. The number of carbonyl (C=O) groups is 1. The van der Waals surface area contributed by atoms with Gasteiger partial charge in [-0.3, -0.25) is 4.79 Å². The van der Waals surface area contributed by atoms with Crippen LogP contribution in [-0.2, 0) is 4.79 Å². The Morgan fingerprint density at radius 3 is 2.78 bits per heavy atom. The summed E-state index contributed by atoms with van der Waals surface area (Å²) in [5.74, 6) is 4.73. The van der Waals surface area contributed by atoms with Gasteiger partial charge in [0.25, 0.3) is 0 Å². The van der Waals surface area contributed by atoms with Gasteiger partial charge in [-0.2, -0.15) is 23.5 Å². The molecule has 1 aliphatic rings. The monoisotopic (exact) mass is 290 g/mol. The highest BCUT2D eigenvalue weighted by molar-refractivity contribution is 8.06. The average molecular weight is 290 g/mol. The Labute approximate surface area is 119 Å². The van der Waals surface area contributed by atoms with Gasteiger partial charge >= 0.3 is 0 Å². The molecule has 106 valence electrons. The van der Waals surface area contributed by atoms with Crippen LogP contribution in [0.25, 0.3) is 0 Å². The fourth-order valence-corrected chi connectivity index (χ4v) is 4.76. The Morgan fingerprint density at radius 1 is 1.44 bits per heavy atom. The lowest BCUT2D eigenvalue weighted by Gasteiger charge is -2.22. The van der Waals surface area contributed by atoms with Crippen LogP contribution in [-0.4, -0.2) is 41.5 Å². The highest BCUT2D eigenvalue weighted by Crippen LogP contribution is 2.23. The minimum atomic E-state index is 0.169. The highest BCUT2D eigenvalue weighted by atomic mass is 32.2. The zero-order chi connectivity index (χ0) is 13.4. The third-order valence-corrected chi connectivity index (χ3v) is 5.87. The molecule has 1 saturated heterocycles. The molecule has 0 aromatic heterocycles. The number of carbonyl (C=O) groups excluding carboxylic acids is 1. The fraction of sp³-hybridized carbons (Fsp3) is 0.923. The first-order valence-electron chi connectivity index (χ1n) is 6.78. The summed E-state index contributed by atoms with van der Waals surface area (Å²) in [6.07, 6.45) is 1.62. The summed E-state index contributed by atoms with van der Waals surface area (Å²) in [5.41, 5.74) is 5.72. The fourth-order valence-electron chi connectivity index (χ4n) is 2.15. The first kappa shape index (κ1) is 16.2. The van der Waals surface area contributed by atoms with Crippen LogP contribution in [0.5, 0.6) is 0 Å². The van der Waals surface area contributed by atoms with Gasteiger partial charge in [-0.05, 0) is 24.8 Å². The van der Waals surface area contributed by atoms with Gasteiger partial charge in [0, 0.05) is 35.5 Å². The van der Waals surface area contributed by atoms with Crippen molar-refractivity contribution in [2.24, 2.45) is 17.6 Å². The van der Waals surface area contributed by atoms with Crippen molar-refractivity contribution in [2.45, 2.75) is 31.9 Å². The molecule has 1 aliphatic heterocycles. The average Bonchev–Trinajstić information content (AvgIpc) is 2.36. The Kier molecular flexibility index (Phi) is 8.18.